The van der Waals surface area contributed by atoms with Crippen LogP contribution in [0.15, 0.2) is 47.3 Å². The first kappa shape index (κ1) is 15.1. The summed E-state index contributed by atoms with van der Waals surface area (Å²) >= 11 is 0. The van der Waals surface area contributed by atoms with Gasteiger partial charge in [0.25, 0.3) is 5.56 Å². The summed E-state index contributed by atoms with van der Waals surface area (Å²) in [6.45, 7) is 2.04. The van der Waals surface area contributed by atoms with Gasteiger partial charge in [-0.2, -0.15) is 5.10 Å². The largest absolute Gasteiger partial charge is 0.342 e. The van der Waals surface area contributed by atoms with Crippen LogP contribution in [0, 0.1) is 5.92 Å². The van der Waals surface area contributed by atoms with Crippen molar-refractivity contribution in [2.45, 2.75) is 31.7 Å². The van der Waals surface area contributed by atoms with Gasteiger partial charge in [-0.05, 0) is 24.5 Å². The fourth-order valence-corrected chi connectivity index (χ4v) is 3.21. The molecule has 5 heteroatoms. The van der Waals surface area contributed by atoms with Crippen molar-refractivity contribution in [2.75, 3.05) is 13.1 Å². The highest BCUT2D eigenvalue weighted by molar-refractivity contribution is 5.79. The van der Waals surface area contributed by atoms with Crippen LogP contribution in [0.1, 0.15) is 30.0 Å². The highest BCUT2D eigenvalue weighted by Gasteiger charge is 2.31. The average Bonchev–Trinajstić information content (AvgIpc) is 3.37. The Labute approximate surface area is 140 Å². The molecular formula is C19H21N3O2. The second kappa shape index (κ2) is 6.23. The normalized spacial score (nSPS) is 17.6. The standard InChI is InChI=1S/C19H21N3O2/c23-18-9-8-17(16-6-7-16)20-22(18)13-15-11-21(12-15)19(24)10-14-4-2-1-3-5-14/h1-5,8-9,15-16H,6-7,10-13H2. The van der Waals surface area contributed by atoms with Crippen LogP contribution in [0.5, 0.6) is 0 Å². The third-order valence-corrected chi connectivity index (χ3v) is 4.82. The zero-order chi connectivity index (χ0) is 16.5. The van der Waals surface area contributed by atoms with E-state index in [2.05, 4.69) is 5.10 Å². The Morgan fingerprint density at radius 2 is 1.83 bits per heavy atom. The quantitative estimate of drug-likeness (QED) is 0.843. The van der Waals surface area contributed by atoms with Gasteiger partial charge >= 0.3 is 0 Å². The van der Waals surface area contributed by atoms with Crippen molar-refractivity contribution in [3.8, 4) is 0 Å². The fraction of sp³-hybridized carbons (Fsp3) is 0.421. The summed E-state index contributed by atoms with van der Waals surface area (Å²) in [4.78, 5) is 26.1. The highest BCUT2D eigenvalue weighted by atomic mass is 16.2. The van der Waals surface area contributed by atoms with Crippen LogP contribution in [-0.2, 0) is 17.8 Å². The number of hydrogen-bond acceptors (Lipinski definition) is 3. The van der Waals surface area contributed by atoms with Crippen molar-refractivity contribution in [2.24, 2.45) is 5.92 Å². The van der Waals surface area contributed by atoms with Gasteiger partial charge in [0.05, 0.1) is 18.7 Å². The molecule has 0 spiro atoms. The van der Waals surface area contributed by atoms with E-state index in [0.29, 0.717) is 37.9 Å². The SMILES string of the molecule is O=C(Cc1ccccc1)N1CC(Cn2nc(C3CC3)ccc2=O)C1. The van der Waals surface area contributed by atoms with Gasteiger partial charge in [0, 0.05) is 31.0 Å². The van der Waals surface area contributed by atoms with Crippen LogP contribution in [0.2, 0.25) is 0 Å². The molecule has 1 saturated carbocycles. The smallest absolute Gasteiger partial charge is 0.266 e. The Bertz CT molecular complexity index is 790. The van der Waals surface area contributed by atoms with E-state index in [-0.39, 0.29) is 11.5 Å². The minimum Gasteiger partial charge on any atom is -0.342 e. The average molecular weight is 323 g/mol. The maximum Gasteiger partial charge on any atom is 0.266 e. The molecule has 1 aliphatic carbocycles. The lowest BCUT2D eigenvalue weighted by molar-refractivity contribution is -0.137. The van der Waals surface area contributed by atoms with Gasteiger partial charge < -0.3 is 4.90 Å². The van der Waals surface area contributed by atoms with Crippen molar-refractivity contribution in [1.29, 1.82) is 0 Å². The van der Waals surface area contributed by atoms with E-state index in [1.807, 2.05) is 41.3 Å². The molecule has 1 amide bonds. The van der Waals surface area contributed by atoms with Crippen LogP contribution in [-0.4, -0.2) is 33.7 Å². The van der Waals surface area contributed by atoms with Gasteiger partial charge in [0.2, 0.25) is 5.91 Å². The number of aromatic nitrogens is 2. The maximum atomic E-state index is 12.3. The second-order valence-corrected chi connectivity index (χ2v) is 6.88. The van der Waals surface area contributed by atoms with Crippen molar-refractivity contribution in [1.82, 2.24) is 14.7 Å². The zero-order valence-electron chi connectivity index (χ0n) is 13.6. The number of rotatable bonds is 5. The fourth-order valence-electron chi connectivity index (χ4n) is 3.21. The summed E-state index contributed by atoms with van der Waals surface area (Å²) in [6.07, 6.45) is 2.80. The number of carbonyl (C=O) groups is 1. The molecule has 5 nitrogen and oxygen atoms in total. The third-order valence-electron chi connectivity index (χ3n) is 4.82. The molecule has 4 rings (SSSR count). The van der Waals surface area contributed by atoms with Gasteiger partial charge in [-0.15, -0.1) is 0 Å². The maximum absolute atomic E-state index is 12.3. The molecule has 1 aromatic heterocycles. The summed E-state index contributed by atoms with van der Waals surface area (Å²) in [5.74, 6) is 1.02. The van der Waals surface area contributed by atoms with E-state index in [9.17, 15) is 9.59 Å². The molecule has 2 aromatic rings. The van der Waals surface area contributed by atoms with Crippen LogP contribution in [0.3, 0.4) is 0 Å². The Morgan fingerprint density at radius 1 is 1.08 bits per heavy atom. The molecule has 0 unspecified atom stereocenters. The second-order valence-electron chi connectivity index (χ2n) is 6.88. The van der Waals surface area contributed by atoms with Gasteiger partial charge in [-0.3, -0.25) is 9.59 Å². The summed E-state index contributed by atoms with van der Waals surface area (Å²) in [5.41, 5.74) is 2.03. The topological polar surface area (TPSA) is 55.2 Å². The molecule has 1 aromatic carbocycles. The van der Waals surface area contributed by atoms with Crippen molar-refractivity contribution in [3.63, 3.8) is 0 Å². The number of benzene rings is 1. The zero-order valence-corrected chi connectivity index (χ0v) is 13.6. The van der Waals surface area contributed by atoms with E-state index >= 15 is 0 Å². The van der Waals surface area contributed by atoms with Crippen molar-refractivity contribution < 1.29 is 4.79 Å². The van der Waals surface area contributed by atoms with E-state index < -0.39 is 0 Å². The molecule has 0 N–H and O–H groups in total. The number of likely N-dealkylation sites (tertiary alicyclic amines) is 1. The van der Waals surface area contributed by atoms with Crippen LogP contribution < -0.4 is 5.56 Å². The molecule has 0 atom stereocenters. The number of nitrogens with zero attached hydrogens (tertiary/aromatic N) is 3. The summed E-state index contributed by atoms with van der Waals surface area (Å²) in [5, 5.41) is 4.49. The molecule has 2 fully saturated rings. The van der Waals surface area contributed by atoms with Gasteiger partial charge in [0.15, 0.2) is 0 Å². The molecule has 2 heterocycles. The molecule has 2 aliphatic rings. The highest BCUT2D eigenvalue weighted by Crippen LogP contribution is 2.38. The minimum absolute atomic E-state index is 0.0477. The van der Waals surface area contributed by atoms with Crippen molar-refractivity contribution >= 4 is 5.91 Å². The Morgan fingerprint density at radius 3 is 2.54 bits per heavy atom. The predicted molar refractivity (Wildman–Crippen MR) is 90.7 cm³/mol. The molecule has 0 bridgehead atoms. The molecule has 1 aliphatic heterocycles. The Kier molecular flexibility index (Phi) is 3.92. The van der Waals surface area contributed by atoms with E-state index in [0.717, 1.165) is 11.3 Å². The first-order valence-corrected chi connectivity index (χ1v) is 8.59. The van der Waals surface area contributed by atoms with Gasteiger partial charge in [-0.25, -0.2) is 4.68 Å². The molecule has 0 radical (unpaired) electrons. The number of hydrogen-bond donors (Lipinski definition) is 0. The van der Waals surface area contributed by atoms with Crippen LogP contribution in [0.4, 0.5) is 0 Å². The summed E-state index contributed by atoms with van der Waals surface area (Å²) < 4.78 is 1.58. The molecule has 124 valence electrons. The van der Waals surface area contributed by atoms with Crippen LogP contribution in [0.25, 0.3) is 0 Å². The Balaban J connectivity index is 1.32. The first-order chi connectivity index (χ1) is 11.7. The van der Waals surface area contributed by atoms with E-state index in [1.54, 1.807) is 10.7 Å². The van der Waals surface area contributed by atoms with E-state index in [1.165, 1.54) is 12.8 Å². The lowest BCUT2D eigenvalue weighted by Crippen LogP contribution is -2.52. The summed E-state index contributed by atoms with van der Waals surface area (Å²) in [6, 6.07) is 13.3. The van der Waals surface area contributed by atoms with Crippen molar-refractivity contribution in [3.05, 3.63) is 64.1 Å². The first-order valence-electron chi connectivity index (χ1n) is 8.59. The molecule has 24 heavy (non-hydrogen) atoms. The third kappa shape index (κ3) is 3.25. The van der Waals surface area contributed by atoms with Crippen LogP contribution >= 0.6 is 0 Å². The lowest BCUT2D eigenvalue weighted by atomic mass is 9.99. The number of amides is 1. The molecule has 1 saturated heterocycles. The monoisotopic (exact) mass is 323 g/mol. The predicted octanol–water partition coefficient (Wildman–Crippen LogP) is 1.82. The lowest BCUT2D eigenvalue weighted by Gasteiger charge is -2.39. The van der Waals surface area contributed by atoms with Gasteiger partial charge in [-0.1, -0.05) is 30.3 Å². The Hall–Kier alpha value is -2.43. The number of carbonyl (C=O) groups excluding carboxylic acids is 1. The van der Waals surface area contributed by atoms with E-state index in [4.69, 9.17) is 0 Å². The molecular weight excluding hydrogens is 302 g/mol. The minimum atomic E-state index is -0.0477. The van der Waals surface area contributed by atoms with Gasteiger partial charge in [0.1, 0.15) is 0 Å². The summed E-state index contributed by atoms with van der Waals surface area (Å²) in [7, 11) is 0.